The third kappa shape index (κ3) is 4.60. The fourth-order valence-corrected chi connectivity index (χ4v) is 2.39. The Bertz CT molecular complexity index is 784. The summed E-state index contributed by atoms with van der Waals surface area (Å²) in [5.74, 6) is -1.46. The maximum atomic E-state index is 12.1. The molecule has 0 saturated carbocycles. The number of carboxylic acid groups (broad SMARTS) is 1. The first-order valence-corrected chi connectivity index (χ1v) is 7.45. The maximum Gasteiger partial charge on any atom is 0.328 e. The van der Waals surface area contributed by atoms with Crippen molar-refractivity contribution in [3.8, 4) is 0 Å². The van der Waals surface area contributed by atoms with E-state index >= 15 is 0 Å². The average Bonchev–Trinajstić information content (AvgIpc) is 2.72. The van der Waals surface area contributed by atoms with E-state index in [1.165, 1.54) is 6.08 Å². The molecule has 1 N–H and O–H groups in total. The summed E-state index contributed by atoms with van der Waals surface area (Å²) in [5, 5.41) is 10.2. The van der Waals surface area contributed by atoms with Crippen molar-refractivity contribution in [2.75, 3.05) is 0 Å². The zero-order valence-electron chi connectivity index (χ0n) is 13.2. The molecule has 1 heterocycles. The zero-order valence-corrected chi connectivity index (χ0v) is 13.9. The second-order valence-electron chi connectivity index (χ2n) is 6.12. The van der Waals surface area contributed by atoms with E-state index in [1.807, 2.05) is 6.07 Å². The third-order valence-electron chi connectivity index (χ3n) is 3.00. The Labute approximate surface area is 139 Å². The molecule has 0 aliphatic heterocycles. The van der Waals surface area contributed by atoms with Crippen molar-refractivity contribution in [3.63, 3.8) is 0 Å². The van der Waals surface area contributed by atoms with Gasteiger partial charge in [0.05, 0.1) is 5.52 Å². The fraction of sp³-hybridized carbons (Fsp3) is 0.294. The van der Waals surface area contributed by atoms with Gasteiger partial charge in [0.25, 0.3) is 0 Å². The lowest BCUT2D eigenvalue weighted by molar-refractivity contribution is -0.155. The van der Waals surface area contributed by atoms with Gasteiger partial charge in [0.2, 0.25) is 0 Å². The molecule has 6 heteroatoms. The largest absolute Gasteiger partial charge is 0.478 e. The van der Waals surface area contributed by atoms with Crippen LogP contribution in [0.4, 0.5) is 0 Å². The first kappa shape index (κ1) is 17.1. The number of aliphatic carboxylic acids is 1. The van der Waals surface area contributed by atoms with Gasteiger partial charge < -0.3 is 14.4 Å². The van der Waals surface area contributed by atoms with Gasteiger partial charge in [0.1, 0.15) is 12.1 Å². The van der Waals surface area contributed by atoms with Crippen molar-refractivity contribution >= 4 is 40.5 Å². The van der Waals surface area contributed by atoms with Crippen molar-refractivity contribution in [1.29, 1.82) is 0 Å². The van der Waals surface area contributed by atoms with Crippen LogP contribution in [0.25, 0.3) is 17.0 Å². The highest BCUT2D eigenvalue weighted by Gasteiger charge is 2.18. The summed E-state index contributed by atoms with van der Waals surface area (Å²) in [6.07, 6.45) is 2.47. The molecule has 0 spiro atoms. The summed E-state index contributed by atoms with van der Waals surface area (Å²) in [5.41, 5.74) is 0.748. The van der Waals surface area contributed by atoms with Gasteiger partial charge in [0.15, 0.2) is 0 Å². The van der Waals surface area contributed by atoms with Crippen LogP contribution in [0, 0.1) is 0 Å². The van der Waals surface area contributed by atoms with Gasteiger partial charge in [-0.2, -0.15) is 0 Å². The Morgan fingerprint density at radius 2 is 2.00 bits per heavy atom. The molecule has 0 aliphatic rings. The van der Waals surface area contributed by atoms with Crippen LogP contribution in [0.2, 0.25) is 5.02 Å². The lowest BCUT2D eigenvalue weighted by Crippen LogP contribution is -2.26. The van der Waals surface area contributed by atoms with Crippen molar-refractivity contribution < 1.29 is 19.4 Å². The molecule has 0 radical (unpaired) electrons. The molecule has 1 aromatic carbocycles. The van der Waals surface area contributed by atoms with Crippen LogP contribution >= 0.6 is 11.6 Å². The molecule has 122 valence electrons. The van der Waals surface area contributed by atoms with E-state index in [2.05, 4.69) is 0 Å². The lowest BCUT2D eigenvalue weighted by atomic mass is 10.2. The number of aromatic nitrogens is 1. The fourth-order valence-electron chi connectivity index (χ4n) is 2.22. The molecular weight excluding hydrogens is 318 g/mol. The summed E-state index contributed by atoms with van der Waals surface area (Å²) in [4.78, 5) is 22.9. The molecule has 0 atom stereocenters. The van der Waals surface area contributed by atoms with E-state index in [0.717, 1.165) is 17.0 Å². The average molecular weight is 336 g/mol. The highest BCUT2D eigenvalue weighted by Crippen LogP contribution is 2.25. The number of carbonyl (C=O) groups excluding carboxylic acids is 1. The number of carboxylic acids is 1. The number of esters is 1. The first-order valence-electron chi connectivity index (χ1n) is 7.07. The zero-order chi connectivity index (χ0) is 17.2. The number of nitrogens with zero attached hydrogens (tertiary/aromatic N) is 1. The number of benzene rings is 1. The second kappa shape index (κ2) is 6.46. The minimum absolute atomic E-state index is 0.0274. The molecular formula is C17H18ClNO4. The Kier molecular flexibility index (Phi) is 4.80. The van der Waals surface area contributed by atoms with Crippen molar-refractivity contribution in [3.05, 3.63) is 41.1 Å². The molecule has 0 saturated heterocycles. The lowest BCUT2D eigenvalue weighted by Gasteiger charge is -2.20. The van der Waals surface area contributed by atoms with Gasteiger partial charge in [-0.15, -0.1) is 0 Å². The van der Waals surface area contributed by atoms with Crippen LogP contribution in [0.3, 0.4) is 0 Å². The van der Waals surface area contributed by atoms with E-state index in [0.29, 0.717) is 10.7 Å². The van der Waals surface area contributed by atoms with Gasteiger partial charge >= 0.3 is 11.9 Å². The SMILES string of the molecule is CC(C)(C)OC(=O)Cn1c(/C=C/C(=O)O)cc2ccc(Cl)cc21. The summed E-state index contributed by atoms with van der Waals surface area (Å²) in [6.45, 7) is 5.35. The predicted octanol–water partition coefficient (Wildman–Crippen LogP) is 3.73. The summed E-state index contributed by atoms with van der Waals surface area (Å²) in [7, 11) is 0. The standard InChI is InChI=1S/C17H18ClNO4/c1-17(2,3)23-16(22)10-19-13(6-7-15(20)21)8-11-4-5-12(18)9-14(11)19/h4-9H,10H2,1-3H3,(H,20,21)/b7-6+. The number of ether oxygens (including phenoxy) is 1. The molecule has 1 aromatic heterocycles. The predicted molar refractivity (Wildman–Crippen MR) is 89.5 cm³/mol. The van der Waals surface area contributed by atoms with Crippen molar-refractivity contribution in [2.45, 2.75) is 32.9 Å². The Balaban J connectivity index is 2.45. The Hall–Kier alpha value is -2.27. The molecule has 0 aliphatic carbocycles. The minimum Gasteiger partial charge on any atom is -0.478 e. The quantitative estimate of drug-likeness (QED) is 0.682. The Morgan fingerprint density at radius 1 is 1.30 bits per heavy atom. The number of hydrogen-bond donors (Lipinski definition) is 1. The molecule has 5 nitrogen and oxygen atoms in total. The van der Waals surface area contributed by atoms with Crippen LogP contribution < -0.4 is 0 Å². The molecule has 23 heavy (non-hydrogen) atoms. The van der Waals surface area contributed by atoms with Gasteiger partial charge in [-0.1, -0.05) is 17.7 Å². The van der Waals surface area contributed by atoms with E-state index in [9.17, 15) is 9.59 Å². The van der Waals surface area contributed by atoms with Crippen LogP contribution in [-0.2, 0) is 20.9 Å². The smallest absolute Gasteiger partial charge is 0.328 e. The third-order valence-corrected chi connectivity index (χ3v) is 3.24. The van der Waals surface area contributed by atoms with Crippen LogP contribution in [0.1, 0.15) is 26.5 Å². The summed E-state index contributed by atoms with van der Waals surface area (Å²) < 4.78 is 7.03. The van der Waals surface area contributed by atoms with Crippen LogP contribution in [0.15, 0.2) is 30.3 Å². The van der Waals surface area contributed by atoms with Gasteiger partial charge in [-0.05, 0) is 45.0 Å². The normalized spacial score (nSPS) is 12.0. The van der Waals surface area contributed by atoms with Gasteiger partial charge in [-0.3, -0.25) is 4.79 Å². The summed E-state index contributed by atoms with van der Waals surface area (Å²) in [6, 6.07) is 7.10. The number of halogens is 1. The number of hydrogen-bond acceptors (Lipinski definition) is 3. The van der Waals surface area contributed by atoms with Crippen molar-refractivity contribution in [1.82, 2.24) is 4.57 Å². The molecule has 0 bridgehead atoms. The maximum absolute atomic E-state index is 12.1. The molecule has 0 amide bonds. The Morgan fingerprint density at radius 3 is 2.61 bits per heavy atom. The molecule has 0 fully saturated rings. The monoisotopic (exact) mass is 335 g/mol. The van der Waals surface area contributed by atoms with Crippen LogP contribution in [-0.4, -0.2) is 27.2 Å². The number of carbonyl (C=O) groups is 2. The second-order valence-corrected chi connectivity index (χ2v) is 6.55. The minimum atomic E-state index is -1.06. The van der Waals surface area contributed by atoms with E-state index < -0.39 is 17.5 Å². The van der Waals surface area contributed by atoms with Crippen molar-refractivity contribution in [2.24, 2.45) is 0 Å². The van der Waals surface area contributed by atoms with E-state index in [1.54, 1.807) is 43.5 Å². The molecule has 0 unspecified atom stereocenters. The molecule has 2 rings (SSSR count). The summed E-state index contributed by atoms with van der Waals surface area (Å²) >= 11 is 6.03. The van der Waals surface area contributed by atoms with Gasteiger partial charge in [0, 0.05) is 22.2 Å². The number of fused-ring (bicyclic) bond motifs is 1. The van der Waals surface area contributed by atoms with E-state index in [4.69, 9.17) is 21.4 Å². The van der Waals surface area contributed by atoms with Crippen LogP contribution in [0.5, 0.6) is 0 Å². The topological polar surface area (TPSA) is 68.5 Å². The highest BCUT2D eigenvalue weighted by atomic mass is 35.5. The number of rotatable bonds is 4. The highest BCUT2D eigenvalue weighted by molar-refractivity contribution is 6.31. The first-order chi connectivity index (χ1) is 10.7. The molecule has 2 aromatic rings. The van der Waals surface area contributed by atoms with E-state index in [-0.39, 0.29) is 6.54 Å². The van der Waals surface area contributed by atoms with Gasteiger partial charge in [-0.25, -0.2) is 4.79 Å².